The van der Waals surface area contributed by atoms with E-state index in [2.05, 4.69) is 6.92 Å². The Morgan fingerprint density at radius 3 is 2.47 bits per heavy atom. The molecular formula is C13H22N2O4. The van der Waals surface area contributed by atoms with Gasteiger partial charge in [0.2, 0.25) is 0 Å². The molecule has 0 radical (unpaired) electrons. The van der Waals surface area contributed by atoms with Crippen LogP contribution in [0.15, 0.2) is 0 Å². The maximum absolute atomic E-state index is 12.3. The van der Waals surface area contributed by atoms with Gasteiger partial charge in [-0.3, -0.25) is 4.79 Å². The second-order valence-corrected chi connectivity index (χ2v) is 5.80. The zero-order valence-corrected chi connectivity index (χ0v) is 11.7. The third-order valence-electron chi connectivity index (χ3n) is 4.28. The van der Waals surface area contributed by atoms with E-state index in [1.54, 1.807) is 19.0 Å². The number of amides is 2. The standard InChI is InChI=1S/C13H22N2O4/c1-8-4-9(8)5-14(2)13(18)15(3)11-7-19-6-10(11)12(16)17/h8-11H,4-7H2,1-3H3,(H,16,17). The van der Waals surface area contributed by atoms with Gasteiger partial charge >= 0.3 is 12.0 Å². The van der Waals surface area contributed by atoms with Crippen LogP contribution in [0.5, 0.6) is 0 Å². The monoisotopic (exact) mass is 270 g/mol. The molecule has 0 aromatic heterocycles. The highest BCUT2D eigenvalue weighted by molar-refractivity contribution is 5.77. The molecule has 1 aliphatic carbocycles. The summed E-state index contributed by atoms with van der Waals surface area (Å²) in [6.45, 7) is 3.40. The lowest BCUT2D eigenvalue weighted by Gasteiger charge is -2.30. The second kappa shape index (κ2) is 5.36. The Balaban J connectivity index is 1.92. The Labute approximate surface area is 113 Å². The van der Waals surface area contributed by atoms with Gasteiger partial charge in [0.25, 0.3) is 0 Å². The highest BCUT2D eigenvalue weighted by Gasteiger charge is 2.40. The third kappa shape index (κ3) is 3.00. The van der Waals surface area contributed by atoms with Crippen LogP contribution in [0.25, 0.3) is 0 Å². The fourth-order valence-electron chi connectivity index (χ4n) is 2.66. The number of carboxylic acids is 1. The van der Waals surface area contributed by atoms with Gasteiger partial charge < -0.3 is 19.6 Å². The summed E-state index contributed by atoms with van der Waals surface area (Å²) in [5.74, 6) is -0.234. The summed E-state index contributed by atoms with van der Waals surface area (Å²) < 4.78 is 5.20. The SMILES string of the molecule is CC1CC1CN(C)C(=O)N(C)C1COCC1C(=O)O. The number of carbonyl (C=O) groups excluding carboxylic acids is 1. The number of carbonyl (C=O) groups is 2. The maximum atomic E-state index is 12.3. The summed E-state index contributed by atoms with van der Waals surface area (Å²) in [6, 6.07) is -0.495. The first-order valence-corrected chi connectivity index (χ1v) is 6.70. The van der Waals surface area contributed by atoms with Crippen LogP contribution in [-0.4, -0.2) is 66.8 Å². The van der Waals surface area contributed by atoms with E-state index in [9.17, 15) is 9.59 Å². The smallest absolute Gasteiger partial charge is 0.319 e. The highest BCUT2D eigenvalue weighted by atomic mass is 16.5. The van der Waals surface area contributed by atoms with Gasteiger partial charge in [-0.15, -0.1) is 0 Å². The highest BCUT2D eigenvalue weighted by Crippen LogP contribution is 2.38. The Morgan fingerprint density at radius 1 is 1.32 bits per heavy atom. The number of urea groups is 1. The van der Waals surface area contributed by atoms with Crippen LogP contribution in [0, 0.1) is 17.8 Å². The Hall–Kier alpha value is -1.30. The average Bonchev–Trinajstić information content (AvgIpc) is 2.87. The molecule has 4 unspecified atom stereocenters. The van der Waals surface area contributed by atoms with Crippen molar-refractivity contribution in [1.82, 2.24) is 9.80 Å². The molecule has 4 atom stereocenters. The molecule has 19 heavy (non-hydrogen) atoms. The molecule has 2 fully saturated rings. The molecule has 0 aromatic rings. The Morgan fingerprint density at radius 2 is 1.95 bits per heavy atom. The topological polar surface area (TPSA) is 70.1 Å². The second-order valence-electron chi connectivity index (χ2n) is 5.80. The first-order chi connectivity index (χ1) is 8.91. The lowest BCUT2D eigenvalue weighted by molar-refractivity contribution is -0.142. The Kier molecular flexibility index (Phi) is 3.99. The summed E-state index contributed by atoms with van der Waals surface area (Å²) >= 11 is 0. The van der Waals surface area contributed by atoms with Crippen LogP contribution in [0.2, 0.25) is 0 Å². The third-order valence-corrected chi connectivity index (χ3v) is 4.28. The molecule has 0 aromatic carbocycles. The van der Waals surface area contributed by atoms with E-state index in [1.165, 1.54) is 11.3 Å². The van der Waals surface area contributed by atoms with Gasteiger partial charge in [0.15, 0.2) is 0 Å². The minimum absolute atomic E-state index is 0.124. The van der Waals surface area contributed by atoms with Gasteiger partial charge in [-0.2, -0.15) is 0 Å². The zero-order valence-electron chi connectivity index (χ0n) is 11.7. The number of ether oxygens (including phenoxy) is 1. The van der Waals surface area contributed by atoms with Gasteiger partial charge in [-0.05, 0) is 18.3 Å². The van der Waals surface area contributed by atoms with E-state index in [0.717, 1.165) is 6.54 Å². The molecule has 0 bridgehead atoms. The molecule has 2 aliphatic rings. The number of nitrogens with zero attached hydrogens (tertiary/aromatic N) is 2. The van der Waals surface area contributed by atoms with Gasteiger partial charge in [-0.25, -0.2) is 4.79 Å². The summed E-state index contributed by atoms with van der Waals surface area (Å²) in [5, 5.41) is 9.11. The first-order valence-electron chi connectivity index (χ1n) is 6.70. The largest absolute Gasteiger partial charge is 0.481 e. The summed E-state index contributed by atoms with van der Waals surface area (Å²) in [7, 11) is 3.43. The first kappa shape index (κ1) is 14.1. The maximum Gasteiger partial charge on any atom is 0.319 e. The van der Waals surface area contributed by atoms with Crippen molar-refractivity contribution in [3.63, 3.8) is 0 Å². The molecule has 1 saturated carbocycles. The van der Waals surface area contributed by atoms with Crippen molar-refractivity contribution in [2.24, 2.45) is 17.8 Å². The van der Waals surface area contributed by atoms with E-state index in [0.29, 0.717) is 18.4 Å². The number of hydrogen-bond donors (Lipinski definition) is 1. The van der Waals surface area contributed by atoms with E-state index >= 15 is 0 Å². The normalized spacial score (nSPS) is 33.0. The summed E-state index contributed by atoms with van der Waals surface area (Å²) in [4.78, 5) is 26.6. The summed E-state index contributed by atoms with van der Waals surface area (Å²) in [6.07, 6.45) is 1.17. The molecular weight excluding hydrogens is 248 g/mol. The van der Waals surface area contributed by atoms with E-state index in [4.69, 9.17) is 9.84 Å². The fraction of sp³-hybridized carbons (Fsp3) is 0.846. The van der Waals surface area contributed by atoms with Crippen LogP contribution in [-0.2, 0) is 9.53 Å². The minimum atomic E-state index is -0.902. The molecule has 1 heterocycles. The average molecular weight is 270 g/mol. The van der Waals surface area contributed by atoms with Gasteiger partial charge in [0, 0.05) is 20.6 Å². The quantitative estimate of drug-likeness (QED) is 0.817. The van der Waals surface area contributed by atoms with Crippen molar-refractivity contribution in [3.8, 4) is 0 Å². The van der Waals surface area contributed by atoms with Crippen molar-refractivity contribution in [2.75, 3.05) is 33.9 Å². The van der Waals surface area contributed by atoms with Crippen molar-refractivity contribution in [1.29, 1.82) is 0 Å². The number of likely N-dealkylation sites (N-methyl/N-ethyl adjacent to an activating group) is 1. The minimum Gasteiger partial charge on any atom is -0.481 e. The Bertz CT molecular complexity index is 374. The van der Waals surface area contributed by atoms with Crippen molar-refractivity contribution in [2.45, 2.75) is 19.4 Å². The van der Waals surface area contributed by atoms with Crippen molar-refractivity contribution < 1.29 is 19.4 Å². The van der Waals surface area contributed by atoms with E-state index in [1.807, 2.05) is 0 Å². The molecule has 6 heteroatoms. The fourth-order valence-corrected chi connectivity index (χ4v) is 2.66. The van der Waals surface area contributed by atoms with Crippen LogP contribution in [0.3, 0.4) is 0 Å². The lowest BCUT2D eigenvalue weighted by atomic mass is 10.0. The van der Waals surface area contributed by atoms with E-state index < -0.39 is 11.9 Å². The molecule has 0 spiro atoms. The summed E-state index contributed by atoms with van der Waals surface area (Å²) in [5.41, 5.74) is 0. The van der Waals surface area contributed by atoms with Crippen molar-refractivity contribution in [3.05, 3.63) is 0 Å². The predicted octanol–water partition coefficient (Wildman–Crippen LogP) is 0.726. The van der Waals surface area contributed by atoms with Crippen LogP contribution >= 0.6 is 0 Å². The molecule has 2 amide bonds. The molecule has 108 valence electrons. The predicted molar refractivity (Wildman–Crippen MR) is 68.8 cm³/mol. The lowest BCUT2D eigenvalue weighted by Crippen LogP contribution is -2.49. The molecule has 1 saturated heterocycles. The number of hydrogen-bond acceptors (Lipinski definition) is 3. The van der Waals surface area contributed by atoms with Gasteiger partial charge in [0.1, 0.15) is 5.92 Å². The zero-order chi connectivity index (χ0) is 14.2. The number of rotatable bonds is 4. The molecule has 2 rings (SSSR count). The van der Waals surface area contributed by atoms with Crippen molar-refractivity contribution >= 4 is 12.0 Å². The van der Waals surface area contributed by atoms with Crippen LogP contribution < -0.4 is 0 Å². The molecule has 1 N–H and O–H groups in total. The number of aliphatic carboxylic acids is 1. The molecule has 6 nitrogen and oxygen atoms in total. The molecule has 1 aliphatic heterocycles. The van der Waals surface area contributed by atoms with E-state index in [-0.39, 0.29) is 18.7 Å². The van der Waals surface area contributed by atoms with Crippen LogP contribution in [0.4, 0.5) is 4.79 Å². The number of carboxylic acid groups (broad SMARTS) is 1. The van der Waals surface area contributed by atoms with Gasteiger partial charge in [0.05, 0.1) is 19.3 Å². The van der Waals surface area contributed by atoms with Crippen LogP contribution in [0.1, 0.15) is 13.3 Å². The van der Waals surface area contributed by atoms with Gasteiger partial charge in [-0.1, -0.05) is 6.92 Å².